The van der Waals surface area contributed by atoms with Gasteiger partial charge < -0.3 is 14.6 Å². The number of benzene rings is 2. The molecule has 7 nitrogen and oxygen atoms in total. The summed E-state index contributed by atoms with van der Waals surface area (Å²) in [6.45, 7) is 1.95. The lowest BCUT2D eigenvalue weighted by atomic mass is 10.2. The smallest absolute Gasteiger partial charge is 0.248 e. The maximum atomic E-state index is 13.1. The van der Waals surface area contributed by atoms with Gasteiger partial charge in [0.1, 0.15) is 5.75 Å². The average molecular weight is 399 g/mol. The van der Waals surface area contributed by atoms with Gasteiger partial charge in [0.2, 0.25) is 15.6 Å². The molecule has 146 valence electrons. The third kappa shape index (κ3) is 3.36. The molecule has 1 saturated heterocycles. The summed E-state index contributed by atoms with van der Waals surface area (Å²) in [5.74, 6) is 0.780. The molecule has 0 aliphatic carbocycles. The number of anilines is 1. The van der Waals surface area contributed by atoms with Gasteiger partial charge in [-0.1, -0.05) is 12.1 Å². The van der Waals surface area contributed by atoms with Crippen LogP contribution in [0.2, 0.25) is 0 Å². The number of methoxy groups -OCH3 is 1. The van der Waals surface area contributed by atoms with Gasteiger partial charge in [0.15, 0.2) is 0 Å². The van der Waals surface area contributed by atoms with Crippen LogP contribution in [0, 0.1) is 0 Å². The first-order valence-electron chi connectivity index (χ1n) is 9.00. The van der Waals surface area contributed by atoms with Gasteiger partial charge >= 0.3 is 0 Å². The fraction of sp³-hybridized carbons (Fsp3) is 0.250. The molecule has 28 heavy (non-hydrogen) atoms. The van der Waals surface area contributed by atoms with E-state index in [0.717, 1.165) is 11.4 Å². The molecule has 1 N–H and O–H groups in total. The molecule has 0 spiro atoms. The zero-order chi connectivity index (χ0) is 19.7. The van der Waals surface area contributed by atoms with Crippen LogP contribution in [-0.2, 0) is 10.0 Å². The van der Waals surface area contributed by atoms with Crippen LogP contribution in [0.1, 0.15) is 0 Å². The van der Waals surface area contributed by atoms with E-state index in [1.807, 2.05) is 24.3 Å². The number of pyridine rings is 1. The second kappa shape index (κ2) is 7.29. The first kappa shape index (κ1) is 18.5. The molecule has 0 amide bonds. The largest absolute Gasteiger partial charge is 0.495 e. The molecule has 1 aliphatic heterocycles. The van der Waals surface area contributed by atoms with E-state index in [-0.39, 0.29) is 10.5 Å². The fourth-order valence-corrected chi connectivity index (χ4v) is 4.96. The number of H-pyrrole nitrogens is 1. The van der Waals surface area contributed by atoms with Gasteiger partial charge in [-0.3, -0.25) is 4.79 Å². The van der Waals surface area contributed by atoms with Crippen LogP contribution in [0.4, 0.5) is 5.69 Å². The average Bonchev–Trinajstić information content (AvgIpc) is 2.73. The van der Waals surface area contributed by atoms with E-state index < -0.39 is 10.0 Å². The fourth-order valence-electron chi connectivity index (χ4n) is 3.50. The molecule has 1 aromatic heterocycles. The second-order valence-electron chi connectivity index (χ2n) is 6.63. The van der Waals surface area contributed by atoms with Crippen LogP contribution in [-0.4, -0.2) is 51.0 Å². The highest BCUT2D eigenvalue weighted by Crippen LogP contribution is 2.29. The van der Waals surface area contributed by atoms with Crippen molar-refractivity contribution in [3.8, 4) is 5.75 Å². The van der Waals surface area contributed by atoms with Crippen molar-refractivity contribution in [2.45, 2.75) is 4.90 Å². The summed E-state index contributed by atoms with van der Waals surface area (Å²) in [6.07, 6.45) is 0. The monoisotopic (exact) mass is 399 g/mol. The van der Waals surface area contributed by atoms with Crippen molar-refractivity contribution in [1.82, 2.24) is 9.29 Å². The summed E-state index contributed by atoms with van der Waals surface area (Å²) in [5.41, 5.74) is 1.37. The molecule has 2 heterocycles. The molecule has 8 heteroatoms. The Morgan fingerprint density at radius 3 is 2.46 bits per heavy atom. The number of fused-ring (bicyclic) bond motifs is 1. The number of piperazine rings is 1. The van der Waals surface area contributed by atoms with Gasteiger partial charge in [-0.2, -0.15) is 4.31 Å². The molecular formula is C20H21N3O4S. The molecule has 4 rings (SSSR count). The van der Waals surface area contributed by atoms with Crippen LogP contribution in [0.15, 0.2) is 64.3 Å². The number of nitrogens with zero attached hydrogens (tertiary/aromatic N) is 2. The minimum Gasteiger partial charge on any atom is -0.495 e. The lowest BCUT2D eigenvalue weighted by Crippen LogP contribution is -2.48. The summed E-state index contributed by atoms with van der Waals surface area (Å²) in [4.78, 5) is 16.5. The van der Waals surface area contributed by atoms with Gasteiger partial charge in [0, 0.05) is 37.8 Å². The van der Waals surface area contributed by atoms with Crippen LogP contribution in [0.3, 0.4) is 0 Å². The SMILES string of the molecule is COc1ccccc1N1CCN(S(=O)(=O)c2ccc3[nH]c(=O)ccc3c2)CC1. The minimum absolute atomic E-state index is 0.212. The van der Waals surface area contributed by atoms with Crippen molar-refractivity contribution < 1.29 is 13.2 Å². The topological polar surface area (TPSA) is 82.7 Å². The highest BCUT2D eigenvalue weighted by Gasteiger charge is 2.29. The number of hydrogen-bond acceptors (Lipinski definition) is 5. The first-order chi connectivity index (χ1) is 13.5. The van der Waals surface area contributed by atoms with Crippen molar-refractivity contribution in [3.05, 3.63) is 65.0 Å². The second-order valence-corrected chi connectivity index (χ2v) is 8.57. The molecule has 0 atom stereocenters. The molecule has 0 unspecified atom stereocenters. The summed E-state index contributed by atoms with van der Waals surface area (Å²) in [5, 5.41) is 0.688. The third-order valence-corrected chi connectivity index (χ3v) is 6.89. The third-order valence-electron chi connectivity index (χ3n) is 5.00. The Morgan fingerprint density at radius 2 is 1.71 bits per heavy atom. The van der Waals surface area contributed by atoms with E-state index >= 15 is 0 Å². The number of rotatable bonds is 4. The van der Waals surface area contributed by atoms with Crippen LogP contribution in [0.5, 0.6) is 5.75 Å². The summed E-state index contributed by atoms with van der Waals surface area (Å²) < 4.78 is 33.1. The predicted molar refractivity (Wildman–Crippen MR) is 109 cm³/mol. The number of hydrogen-bond donors (Lipinski definition) is 1. The Hall–Kier alpha value is -2.84. The highest BCUT2D eigenvalue weighted by molar-refractivity contribution is 7.89. The van der Waals surface area contributed by atoms with Crippen molar-refractivity contribution in [3.63, 3.8) is 0 Å². The summed E-state index contributed by atoms with van der Waals surface area (Å²) >= 11 is 0. The van der Waals surface area contributed by atoms with Crippen LogP contribution >= 0.6 is 0 Å². The van der Waals surface area contributed by atoms with E-state index in [1.54, 1.807) is 31.4 Å². The maximum absolute atomic E-state index is 13.1. The summed E-state index contributed by atoms with van der Waals surface area (Å²) in [6, 6.07) is 15.5. The van der Waals surface area contributed by atoms with Crippen molar-refractivity contribution in [2.75, 3.05) is 38.2 Å². The van der Waals surface area contributed by atoms with E-state index in [4.69, 9.17) is 4.74 Å². The lowest BCUT2D eigenvalue weighted by Gasteiger charge is -2.35. The van der Waals surface area contributed by atoms with E-state index in [2.05, 4.69) is 9.88 Å². The Labute approximate surface area is 163 Å². The number of para-hydroxylation sites is 2. The predicted octanol–water partition coefficient (Wildman–Crippen LogP) is 2.05. The Kier molecular flexibility index (Phi) is 4.82. The van der Waals surface area contributed by atoms with E-state index in [1.165, 1.54) is 10.4 Å². The van der Waals surface area contributed by atoms with Crippen molar-refractivity contribution in [1.29, 1.82) is 0 Å². The zero-order valence-corrected chi connectivity index (χ0v) is 16.3. The molecule has 0 radical (unpaired) electrons. The van der Waals surface area contributed by atoms with Gasteiger partial charge in [-0.05, 0) is 41.8 Å². The van der Waals surface area contributed by atoms with E-state index in [9.17, 15) is 13.2 Å². The van der Waals surface area contributed by atoms with E-state index in [0.29, 0.717) is 37.1 Å². The number of aromatic nitrogens is 1. The van der Waals surface area contributed by atoms with Gasteiger partial charge in [0.25, 0.3) is 0 Å². The molecule has 3 aromatic rings. The highest BCUT2D eigenvalue weighted by atomic mass is 32.2. The number of nitrogens with one attached hydrogen (secondary N) is 1. The maximum Gasteiger partial charge on any atom is 0.248 e. The van der Waals surface area contributed by atoms with Gasteiger partial charge in [0.05, 0.1) is 17.7 Å². The Balaban J connectivity index is 1.55. The molecule has 1 aliphatic rings. The standard InChI is InChI=1S/C20H21N3O4S/c1-27-19-5-3-2-4-18(19)22-10-12-23(13-11-22)28(25,26)16-7-8-17-15(14-16)6-9-20(24)21-17/h2-9,14H,10-13H2,1H3,(H,21,24). The quantitative estimate of drug-likeness (QED) is 0.726. The number of aromatic amines is 1. The van der Waals surface area contributed by atoms with Crippen LogP contribution in [0.25, 0.3) is 10.9 Å². The Bertz CT molecular complexity index is 1170. The molecule has 2 aromatic carbocycles. The van der Waals surface area contributed by atoms with Gasteiger partial charge in [-0.25, -0.2) is 8.42 Å². The van der Waals surface area contributed by atoms with Crippen LogP contribution < -0.4 is 15.2 Å². The number of ether oxygens (including phenoxy) is 1. The minimum atomic E-state index is -3.60. The molecule has 0 bridgehead atoms. The molecular weight excluding hydrogens is 378 g/mol. The zero-order valence-electron chi connectivity index (χ0n) is 15.5. The Morgan fingerprint density at radius 1 is 0.964 bits per heavy atom. The summed E-state index contributed by atoms with van der Waals surface area (Å²) in [7, 11) is -1.97. The lowest BCUT2D eigenvalue weighted by molar-refractivity contribution is 0.378. The van der Waals surface area contributed by atoms with Gasteiger partial charge in [-0.15, -0.1) is 0 Å². The van der Waals surface area contributed by atoms with Crippen molar-refractivity contribution in [2.24, 2.45) is 0 Å². The van der Waals surface area contributed by atoms with Crippen molar-refractivity contribution >= 4 is 26.6 Å². The normalized spacial score (nSPS) is 15.7. The molecule has 0 saturated carbocycles. The molecule has 1 fully saturated rings. The number of sulfonamides is 1. The first-order valence-corrected chi connectivity index (χ1v) is 10.4.